The number of hydrogen-bond donors (Lipinski definition) is 5. The number of carbonyl (C=O) groups excluding carboxylic acids is 1. The highest BCUT2D eigenvalue weighted by Crippen LogP contribution is 1.92. The van der Waals surface area contributed by atoms with E-state index in [-0.39, 0.29) is 12.6 Å². The number of likely N-dealkylation sites (N-methyl/N-ethyl adjacent to an activating group) is 1. The first-order valence-corrected chi connectivity index (χ1v) is 4.82. The van der Waals surface area contributed by atoms with Crippen molar-refractivity contribution in [2.45, 2.75) is 18.9 Å². The fourth-order valence-electron chi connectivity index (χ4n) is 1.01. The first-order valence-electron chi connectivity index (χ1n) is 4.82. The van der Waals surface area contributed by atoms with Crippen molar-refractivity contribution in [1.29, 1.82) is 0 Å². The molecule has 1 atom stereocenters. The summed E-state index contributed by atoms with van der Waals surface area (Å²) in [4.78, 5) is 14.8. The van der Waals surface area contributed by atoms with Gasteiger partial charge in [0.15, 0.2) is 5.96 Å². The number of guanidine groups is 1. The van der Waals surface area contributed by atoms with Crippen LogP contribution in [-0.2, 0) is 4.79 Å². The molecule has 0 aliphatic rings. The van der Waals surface area contributed by atoms with Gasteiger partial charge in [-0.15, -0.1) is 0 Å². The number of nitrogens with one attached hydrogen (secondary N) is 2. The summed E-state index contributed by atoms with van der Waals surface area (Å²) in [5, 5.41) is 5.34. The molecule has 0 saturated heterocycles. The molecule has 0 radical (unpaired) electrons. The molecule has 0 heterocycles. The second-order valence-electron chi connectivity index (χ2n) is 3.02. The maximum atomic E-state index is 11.0. The van der Waals surface area contributed by atoms with Crippen molar-refractivity contribution in [2.24, 2.45) is 22.2 Å². The Morgan fingerprint density at radius 3 is 2.73 bits per heavy atom. The molecule has 0 aromatic heterocycles. The molecule has 8 N–H and O–H groups in total. The molecule has 7 nitrogen and oxygen atoms in total. The van der Waals surface area contributed by atoms with E-state index in [1.165, 1.54) is 0 Å². The Morgan fingerprint density at radius 2 is 2.20 bits per heavy atom. The average molecular weight is 216 g/mol. The summed E-state index contributed by atoms with van der Waals surface area (Å²) in [6.07, 6.45) is 1.35. The molecule has 0 fully saturated rings. The zero-order valence-corrected chi connectivity index (χ0v) is 8.99. The lowest BCUT2D eigenvalue weighted by Gasteiger charge is -2.10. The number of hydrogen-bond acceptors (Lipinski definition) is 4. The number of carbonyl (C=O) groups is 1. The number of nitrogens with zero attached hydrogens (tertiary/aromatic N) is 1. The third-order valence-corrected chi connectivity index (χ3v) is 1.84. The molecule has 0 aromatic carbocycles. The van der Waals surface area contributed by atoms with Gasteiger partial charge in [0.05, 0.1) is 12.7 Å². The van der Waals surface area contributed by atoms with E-state index in [1.807, 2.05) is 0 Å². The summed E-state index contributed by atoms with van der Waals surface area (Å²) in [7, 11) is 1.56. The molecule has 0 saturated carbocycles. The van der Waals surface area contributed by atoms with Crippen molar-refractivity contribution in [3.05, 3.63) is 0 Å². The molecule has 0 rings (SSSR count). The number of rotatable bonds is 6. The Labute approximate surface area is 89.5 Å². The van der Waals surface area contributed by atoms with Gasteiger partial charge in [-0.25, -0.2) is 4.99 Å². The Balaban J connectivity index is 3.54. The van der Waals surface area contributed by atoms with Crippen molar-refractivity contribution >= 4 is 11.9 Å². The maximum Gasteiger partial charge on any atom is 0.236 e. The van der Waals surface area contributed by atoms with Crippen LogP contribution in [0, 0.1) is 0 Å². The van der Waals surface area contributed by atoms with Crippen LogP contribution in [0.3, 0.4) is 0 Å². The van der Waals surface area contributed by atoms with E-state index in [0.29, 0.717) is 18.9 Å². The van der Waals surface area contributed by atoms with E-state index in [9.17, 15) is 4.79 Å². The van der Waals surface area contributed by atoms with E-state index < -0.39 is 6.04 Å². The Kier molecular flexibility index (Phi) is 7.29. The van der Waals surface area contributed by atoms with Gasteiger partial charge in [0.2, 0.25) is 5.91 Å². The van der Waals surface area contributed by atoms with Crippen molar-refractivity contribution in [1.82, 2.24) is 10.6 Å². The summed E-state index contributed by atoms with van der Waals surface area (Å²) in [6.45, 7) is 0.788. The first kappa shape index (κ1) is 13.7. The molecule has 15 heavy (non-hydrogen) atoms. The van der Waals surface area contributed by atoms with Crippen molar-refractivity contribution in [2.75, 3.05) is 20.3 Å². The van der Waals surface area contributed by atoms with Gasteiger partial charge in [-0.1, -0.05) is 0 Å². The largest absolute Gasteiger partial charge is 0.370 e. The van der Waals surface area contributed by atoms with Gasteiger partial charge in [0.1, 0.15) is 0 Å². The van der Waals surface area contributed by atoms with Crippen LogP contribution in [0.5, 0.6) is 0 Å². The number of nitrogens with two attached hydrogens (primary N) is 3. The van der Waals surface area contributed by atoms with Crippen LogP contribution in [0.1, 0.15) is 12.8 Å². The summed E-state index contributed by atoms with van der Waals surface area (Å²) in [5.74, 6) is 0.157. The fourth-order valence-corrected chi connectivity index (χ4v) is 1.01. The van der Waals surface area contributed by atoms with Gasteiger partial charge in [0, 0.05) is 13.6 Å². The van der Waals surface area contributed by atoms with Gasteiger partial charge in [-0.3, -0.25) is 4.79 Å². The second kappa shape index (κ2) is 8.01. The summed E-state index contributed by atoms with van der Waals surface area (Å²) in [6, 6.07) is -0.468. The van der Waals surface area contributed by atoms with Crippen LogP contribution in [0.25, 0.3) is 0 Å². The van der Waals surface area contributed by atoms with E-state index in [1.54, 1.807) is 7.05 Å². The van der Waals surface area contributed by atoms with Gasteiger partial charge >= 0.3 is 0 Å². The lowest BCUT2D eigenvalue weighted by atomic mass is 10.1. The third-order valence-electron chi connectivity index (χ3n) is 1.84. The average Bonchev–Trinajstić information content (AvgIpc) is 2.23. The molecular formula is C8H20N6O. The van der Waals surface area contributed by atoms with Crippen molar-refractivity contribution in [3.8, 4) is 0 Å². The highest BCUT2D eigenvalue weighted by Gasteiger charge is 2.09. The van der Waals surface area contributed by atoms with Crippen LogP contribution >= 0.6 is 0 Å². The lowest BCUT2D eigenvalue weighted by molar-refractivity contribution is -0.122. The standard InChI is InChI=1S/C8H20N6O/c1-12-7(15)6(10)3-2-4-13-8(11)14-5-9/h6H,2-5,9-10H2,1H3,(H,12,15)(H3,11,13,14)/t6-/m0/s1. The van der Waals surface area contributed by atoms with E-state index in [0.717, 1.165) is 6.42 Å². The zero-order valence-electron chi connectivity index (χ0n) is 8.99. The van der Waals surface area contributed by atoms with Gasteiger partial charge in [-0.2, -0.15) is 0 Å². The minimum absolute atomic E-state index is 0.154. The van der Waals surface area contributed by atoms with Gasteiger partial charge in [0.25, 0.3) is 0 Å². The lowest BCUT2D eigenvalue weighted by Crippen LogP contribution is -2.39. The van der Waals surface area contributed by atoms with Crippen molar-refractivity contribution < 1.29 is 4.79 Å². The zero-order chi connectivity index (χ0) is 11.7. The monoisotopic (exact) mass is 216 g/mol. The quantitative estimate of drug-likeness (QED) is 0.193. The number of aliphatic imine (C=N–C) groups is 1. The van der Waals surface area contributed by atoms with Crippen LogP contribution < -0.4 is 27.8 Å². The van der Waals surface area contributed by atoms with Crippen LogP contribution in [0.4, 0.5) is 0 Å². The Hall–Kier alpha value is -1.34. The predicted octanol–water partition coefficient (Wildman–Crippen LogP) is -2.34. The minimum atomic E-state index is -0.468. The molecule has 0 unspecified atom stereocenters. The van der Waals surface area contributed by atoms with E-state index in [2.05, 4.69) is 15.6 Å². The smallest absolute Gasteiger partial charge is 0.236 e. The molecule has 88 valence electrons. The number of amides is 1. The Bertz CT molecular complexity index is 217. The molecule has 1 amide bonds. The molecule has 0 aliphatic heterocycles. The summed E-state index contributed by atoms with van der Waals surface area (Å²) in [5.41, 5.74) is 16.2. The molecule has 0 bridgehead atoms. The van der Waals surface area contributed by atoms with E-state index in [4.69, 9.17) is 17.2 Å². The molecule has 0 aliphatic carbocycles. The highest BCUT2D eigenvalue weighted by molar-refractivity contribution is 5.81. The summed E-state index contributed by atoms with van der Waals surface area (Å²) >= 11 is 0. The van der Waals surface area contributed by atoms with Crippen LogP contribution in [-0.4, -0.2) is 38.2 Å². The van der Waals surface area contributed by atoms with Gasteiger partial charge < -0.3 is 27.8 Å². The molecule has 7 heteroatoms. The Morgan fingerprint density at radius 1 is 1.53 bits per heavy atom. The van der Waals surface area contributed by atoms with Gasteiger partial charge in [-0.05, 0) is 12.8 Å². The SMILES string of the molecule is CNC(=O)[C@@H](N)CCCNC(N)=NCN. The van der Waals surface area contributed by atoms with Crippen LogP contribution in [0.2, 0.25) is 0 Å². The second-order valence-corrected chi connectivity index (χ2v) is 3.02. The molecular weight excluding hydrogens is 196 g/mol. The van der Waals surface area contributed by atoms with Crippen molar-refractivity contribution in [3.63, 3.8) is 0 Å². The van der Waals surface area contributed by atoms with Crippen LogP contribution in [0.15, 0.2) is 4.99 Å². The third kappa shape index (κ3) is 6.69. The fraction of sp³-hybridized carbons (Fsp3) is 0.750. The predicted molar refractivity (Wildman–Crippen MR) is 60.0 cm³/mol. The normalized spacial score (nSPS) is 13.4. The molecule has 0 aromatic rings. The molecule has 0 spiro atoms. The topological polar surface area (TPSA) is 132 Å². The van der Waals surface area contributed by atoms with E-state index >= 15 is 0 Å². The highest BCUT2D eigenvalue weighted by atomic mass is 16.2. The maximum absolute atomic E-state index is 11.0. The first-order chi connectivity index (χ1) is 7.11. The minimum Gasteiger partial charge on any atom is -0.370 e. The summed E-state index contributed by atoms with van der Waals surface area (Å²) < 4.78 is 0.